The maximum atomic E-state index is 15.5. The largest absolute Gasteiger partial charge is 0.490 e. The number of carboxylic acids is 1. The van der Waals surface area contributed by atoms with E-state index in [9.17, 15) is 36.3 Å². The van der Waals surface area contributed by atoms with Crippen LogP contribution < -0.4 is 10.6 Å². The van der Waals surface area contributed by atoms with Crippen LogP contribution in [0.1, 0.15) is 59.5 Å². The molecule has 2 unspecified atom stereocenters. The molecule has 0 aliphatic carbocycles. The molecule has 3 amide bonds. The number of carboxylic acid groups (broad SMARTS) is 1. The highest BCUT2D eigenvalue weighted by Crippen LogP contribution is 2.38. The minimum absolute atomic E-state index is 0.0136. The Morgan fingerprint density at radius 3 is 2.27 bits per heavy atom. The minimum Gasteiger partial charge on any atom is -0.475 e. The van der Waals surface area contributed by atoms with Crippen molar-refractivity contribution in [2.24, 2.45) is 0 Å². The van der Waals surface area contributed by atoms with Crippen LogP contribution in [0.5, 0.6) is 0 Å². The maximum absolute atomic E-state index is 15.5. The number of aliphatic carboxylic acids is 1. The standard InChI is InChI=1S/C23H27F3N4O3.C2HF3O2/c24-20-14(13-6-9-29(10-7-13)18-5-8-27-12-23(18,25)26)1-2-15-16(20)11-30(22(15)33)17-3-4-19(31)28-21(17)32;3-2(4,5)1(6)7/h1-2,13,17-18,27H,3-12H2,(H,28,31,32);(H,6,7). The van der Waals surface area contributed by atoms with Gasteiger partial charge in [-0.2, -0.15) is 13.2 Å². The minimum atomic E-state index is -5.08. The van der Waals surface area contributed by atoms with Gasteiger partial charge in [-0.05, 0) is 62.9 Å². The molecule has 3 N–H and O–H groups in total. The molecule has 1 aromatic carbocycles. The molecule has 9 nitrogen and oxygen atoms in total. The van der Waals surface area contributed by atoms with E-state index in [4.69, 9.17) is 9.90 Å². The Morgan fingerprint density at radius 1 is 1.05 bits per heavy atom. The second-order valence-corrected chi connectivity index (χ2v) is 10.3. The first-order valence-electron chi connectivity index (χ1n) is 12.8. The van der Waals surface area contributed by atoms with Gasteiger partial charge in [0.05, 0.1) is 19.1 Å². The van der Waals surface area contributed by atoms with Crippen LogP contribution in [-0.4, -0.2) is 89.0 Å². The van der Waals surface area contributed by atoms with Crippen molar-refractivity contribution in [3.63, 3.8) is 0 Å². The molecule has 1 aromatic rings. The molecule has 2 atom stereocenters. The molecule has 4 aliphatic heterocycles. The van der Waals surface area contributed by atoms with Crippen molar-refractivity contribution in [2.75, 3.05) is 26.2 Å². The summed E-state index contributed by atoms with van der Waals surface area (Å²) in [6, 6.07) is 1.65. The molecule has 3 fully saturated rings. The van der Waals surface area contributed by atoms with Gasteiger partial charge >= 0.3 is 12.1 Å². The second-order valence-electron chi connectivity index (χ2n) is 10.3. The smallest absolute Gasteiger partial charge is 0.475 e. The van der Waals surface area contributed by atoms with Gasteiger partial charge in [0.2, 0.25) is 11.8 Å². The fraction of sp³-hybridized carbons (Fsp3) is 0.600. The van der Waals surface area contributed by atoms with Crippen molar-refractivity contribution in [1.82, 2.24) is 20.4 Å². The lowest BCUT2D eigenvalue weighted by Gasteiger charge is -2.43. The molecule has 0 saturated carbocycles. The summed E-state index contributed by atoms with van der Waals surface area (Å²) in [5, 5.41) is 12.1. The van der Waals surface area contributed by atoms with E-state index in [-0.39, 0.29) is 48.9 Å². The molecule has 4 heterocycles. The van der Waals surface area contributed by atoms with E-state index < -0.39 is 47.8 Å². The Hall–Kier alpha value is -3.20. The van der Waals surface area contributed by atoms with Crippen molar-refractivity contribution in [3.8, 4) is 0 Å². The second kappa shape index (κ2) is 11.4. The number of fused-ring (bicyclic) bond motifs is 1. The Morgan fingerprint density at radius 2 is 1.70 bits per heavy atom. The van der Waals surface area contributed by atoms with Crippen LogP contribution in [-0.2, 0) is 20.9 Å². The Labute approximate surface area is 224 Å². The van der Waals surface area contributed by atoms with Gasteiger partial charge in [0.1, 0.15) is 11.9 Å². The number of hydrogen-bond donors (Lipinski definition) is 3. The van der Waals surface area contributed by atoms with Gasteiger partial charge in [0, 0.05) is 17.5 Å². The summed E-state index contributed by atoms with van der Waals surface area (Å²) in [7, 11) is 0. The van der Waals surface area contributed by atoms with Gasteiger partial charge < -0.3 is 15.3 Å². The van der Waals surface area contributed by atoms with Crippen molar-refractivity contribution in [3.05, 3.63) is 34.6 Å². The number of carbonyl (C=O) groups excluding carboxylic acids is 3. The first kappa shape index (κ1) is 29.8. The van der Waals surface area contributed by atoms with E-state index in [1.54, 1.807) is 12.1 Å². The number of nitrogens with one attached hydrogen (secondary N) is 2. The number of hydrogen-bond acceptors (Lipinski definition) is 6. The zero-order valence-corrected chi connectivity index (χ0v) is 21.2. The number of carbonyl (C=O) groups is 4. The van der Waals surface area contributed by atoms with Crippen molar-refractivity contribution in [2.45, 2.75) is 68.7 Å². The summed E-state index contributed by atoms with van der Waals surface area (Å²) in [5.74, 6) is -7.40. The highest BCUT2D eigenvalue weighted by Gasteiger charge is 2.46. The number of amides is 3. The van der Waals surface area contributed by atoms with Gasteiger partial charge in [0.15, 0.2) is 0 Å². The van der Waals surface area contributed by atoms with Crippen LogP contribution in [0.15, 0.2) is 12.1 Å². The Kier molecular flexibility index (Phi) is 8.45. The quantitative estimate of drug-likeness (QED) is 0.373. The van der Waals surface area contributed by atoms with Gasteiger partial charge in [-0.25, -0.2) is 18.0 Å². The zero-order valence-electron chi connectivity index (χ0n) is 21.2. The first-order valence-corrected chi connectivity index (χ1v) is 12.8. The molecular formula is C25H28F6N4O5. The summed E-state index contributed by atoms with van der Waals surface area (Å²) in [4.78, 5) is 48.6. The van der Waals surface area contributed by atoms with Crippen LogP contribution in [0.2, 0.25) is 0 Å². The number of halogens is 6. The number of likely N-dealkylation sites (tertiary alicyclic amines) is 1. The van der Waals surface area contributed by atoms with Gasteiger partial charge in [-0.15, -0.1) is 0 Å². The monoisotopic (exact) mass is 578 g/mol. The summed E-state index contributed by atoms with van der Waals surface area (Å²) in [5.41, 5.74) is 1.02. The summed E-state index contributed by atoms with van der Waals surface area (Å²) in [6.07, 6.45) is -3.19. The lowest BCUT2D eigenvalue weighted by atomic mass is 9.86. The molecule has 4 aliphatic rings. The van der Waals surface area contributed by atoms with E-state index >= 15 is 4.39 Å². The van der Waals surface area contributed by atoms with Crippen LogP contribution in [0.25, 0.3) is 0 Å². The predicted octanol–water partition coefficient (Wildman–Crippen LogP) is 2.40. The molecular weight excluding hydrogens is 550 g/mol. The molecule has 220 valence electrons. The number of rotatable bonds is 3. The number of nitrogens with zero attached hydrogens (tertiary/aromatic N) is 2. The molecule has 0 aromatic heterocycles. The van der Waals surface area contributed by atoms with Crippen LogP contribution >= 0.6 is 0 Å². The Bertz CT molecular complexity index is 1180. The van der Waals surface area contributed by atoms with E-state index in [0.29, 0.717) is 44.5 Å². The lowest BCUT2D eigenvalue weighted by Crippen LogP contribution is -2.58. The number of piperidine rings is 3. The molecule has 40 heavy (non-hydrogen) atoms. The Balaban J connectivity index is 0.000000470. The number of alkyl halides is 5. The highest BCUT2D eigenvalue weighted by molar-refractivity contribution is 6.05. The van der Waals surface area contributed by atoms with E-state index in [1.807, 2.05) is 4.90 Å². The molecule has 0 radical (unpaired) electrons. The van der Waals surface area contributed by atoms with E-state index in [0.717, 1.165) is 0 Å². The third kappa shape index (κ3) is 6.09. The van der Waals surface area contributed by atoms with Crippen LogP contribution in [0, 0.1) is 5.82 Å². The van der Waals surface area contributed by atoms with Crippen molar-refractivity contribution in [1.29, 1.82) is 0 Å². The molecule has 3 saturated heterocycles. The zero-order chi connectivity index (χ0) is 29.4. The number of imide groups is 1. The third-order valence-corrected chi connectivity index (χ3v) is 7.77. The molecule has 0 bridgehead atoms. The third-order valence-electron chi connectivity index (χ3n) is 7.77. The topological polar surface area (TPSA) is 119 Å². The first-order chi connectivity index (χ1) is 18.7. The summed E-state index contributed by atoms with van der Waals surface area (Å²) >= 11 is 0. The average molecular weight is 579 g/mol. The normalized spacial score (nSPS) is 25.6. The van der Waals surface area contributed by atoms with E-state index in [1.165, 1.54) is 4.90 Å². The average Bonchev–Trinajstić information content (AvgIpc) is 3.21. The van der Waals surface area contributed by atoms with Gasteiger partial charge in [-0.1, -0.05) is 6.07 Å². The van der Waals surface area contributed by atoms with E-state index in [2.05, 4.69) is 10.6 Å². The fourth-order valence-electron chi connectivity index (χ4n) is 5.73. The fourth-order valence-corrected chi connectivity index (χ4v) is 5.73. The van der Waals surface area contributed by atoms with Gasteiger partial charge in [0.25, 0.3) is 11.8 Å². The summed E-state index contributed by atoms with van der Waals surface area (Å²) < 4.78 is 75.9. The maximum Gasteiger partial charge on any atom is 0.490 e. The van der Waals surface area contributed by atoms with Crippen LogP contribution in [0.3, 0.4) is 0 Å². The van der Waals surface area contributed by atoms with Crippen molar-refractivity contribution >= 4 is 23.7 Å². The molecule has 15 heteroatoms. The van der Waals surface area contributed by atoms with Crippen molar-refractivity contribution < 1.29 is 50.6 Å². The molecule has 0 spiro atoms. The number of benzene rings is 1. The molecule has 5 rings (SSSR count). The lowest BCUT2D eigenvalue weighted by molar-refractivity contribution is -0.192. The predicted molar refractivity (Wildman–Crippen MR) is 126 cm³/mol. The van der Waals surface area contributed by atoms with Crippen LogP contribution in [0.4, 0.5) is 26.3 Å². The highest BCUT2D eigenvalue weighted by atomic mass is 19.4. The SMILES string of the molecule is O=C(O)C(F)(F)F.O=C1CCC(N2Cc3c(ccc(C4CCN(C5CCNCC5(F)F)CC4)c3F)C2=O)C(=O)N1. The van der Waals surface area contributed by atoms with Gasteiger partial charge in [-0.3, -0.25) is 24.6 Å². The summed E-state index contributed by atoms with van der Waals surface area (Å²) in [6.45, 7) is 1.19.